The smallest absolute Gasteiger partial charge is 0.244 e. The van der Waals surface area contributed by atoms with Crippen LogP contribution < -0.4 is 15.4 Å². The Kier molecular flexibility index (Phi) is 6.73. The van der Waals surface area contributed by atoms with Crippen molar-refractivity contribution < 1.29 is 17.6 Å². The molecular formula is C13H19ClFN3O3S. The first kappa shape index (κ1) is 18.8. The van der Waals surface area contributed by atoms with Crippen LogP contribution >= 0.6 is 12.4 Å². The van der Waals surface area contributed by atoms with Crippen LogP contribution in [0.4, 0.5) is 4.39 Å². The van der Waals surface area contributed by atoms with Gasteiger partial charge in [0.2, 0.25) is 15.9 Å². The number of rotatable bonds is 6. The van der Waals surface area contributed by atoms with Crippen molar-refractivity contribution in [2.45, 2.75) is 17.9 Å². The van der Waals surface area contributed by atoms with E-state index in [1.165, 1.54) is 19.1 Å². The van der Waals surface area contributed by atoms with Gasteiger partial charge in [0.25, 0.3) is 0 Å². The minimum absolute atomic E-state index is 0. The first-order chi connectivity index (χ1) is 9.90. The lowest BCUT2D eigenvalue weighted by Gasteiger charge is -2.27. The summed E-state index contributed by atoms with van der Waals surface area (Å²) >= 11 is 0. The van der Waals surface area contributed by atoms with Crippen LogP contribution in [0.2, 0.25) is 0 Å². The molecule has 1 atom stereocenters. The second-order valence-corrected chi connectivity index (χ2v) is 6.73. The fourth-order valence-corrected chi connectivity index (χ4v) is 3.19. The molecule has 1 aliphatic rings. The molecule has 1 aromatic carbocycles. The van der Waals surface area contributed by atoms with Crippen LogP contribution in [-0.4, -0.2) is 40.0 Å². The summed E-state index contributed by atoms with van der Waals surface area (Å²) in [4.78, 5) is 11.4. The Morgan fingerprint density at radius 3 is 2.59 bits per heavy atom. The van der Waals surface area contributed by atoms with Crippen LogP contribution in [0, 0.1) is 11.7 Å². The number of benzene rings is 1. The minimum atomic E-state index is -4.06. The van der Waals surface area contributed by atoms with E-state index in [0.29, 0.717) is 12.5 Å². The van der Waals surface area contributed by atoms with Crippen LogP contribution in [0.1, 0.15) is 6.92 Å². The molecule has 124 valence electrons. The summed E-state index contributed by atoms with van der Waals surface area (Å²) in [7, 11) is -4.06. The highest BCUT2D eigenvalue weighted by Gasteiger charge is 2.25. The third-order valence-electron chi connectivity index (χ3n) is 3.28. The van der Waals surface area contributed by atoms with Gasteiger partial charge in [-0.3, -0.25) is 4.79 Å². The van der Waals surface area contributed by atoms with E-state index in [4.69, 9.17) is 0 Å². The zero-order chi connectivity index (χ0) is 15.5. The first-order valence-corrected chi connectivity index (χ1v) is 8.14. The standard InChI is InChI=1S/C13H18FN3O3S.ClH/c1-9(13(18)16-8-10-6-15-7-10)17-21(19,20)12-5-3-2-4-11(12)14;/h2-5,9-10,15,17H,6-8H2,1H3,(H,16,18);1H. The van der Waals surface area contributed by atoms with E-state index in [1.54, 1.807) is 0 Å². The lowest BCUT2D eigenvalue weighted by Crippen LogP contribution is -2.51. The molecule has 1 saturated heterocycles. The molecule has 22 heavy (non-hydrogen) atoms. The second-order valence-electron chi connectivity index (χ2n) is 5.04. The molecule has 1 fully saturated rings. The van der Waals surface area contributed by atoms with Crippen LogP contribution in [0.15, 0.2) is 29.2 Å². The van der Waals surface area contributed by atoms with Crippen LogP contribution in [0.3, 0.4) is 0 Å². The fraction of sp³-hybridized carbons (Fsp3) is 0.462. The Balaban J connectivity index is 0.00000242. The number of nitrogens with one attached hydrogen (secondary N) is 3. The molecule has 9 heteroatoms. The van der Waals surface area contributed by atoms with Gasteiger partial charge >= 0.3 is 0 Å². The van der Waals surface area contributed by atoms with Crippen molar-refractivity contribution in [2.24, 2.45) is 5.92 Å². The van der Waals surface area contributed by atoms with Gasteiger partial charge in [-0.15, -0.1) is 12.4 Å². The number of carbonyl (C=O) groups is 1. The second kappa shape index (κ2) is 7.87. The molecule has 1 heterocycles. The number of carbonyl (C=O) groups excluding carboxylic acids is 1. The minimum Gasteiger partial charge on any atom is -0.354 e. The molecule has 0 bridgehead atoms. The van der Waals surface area contributed by atoms with Gasteiger partial charge in [-0.1, -0.05) is 12.1 Å². The summed E-state index contributed by atoms with van der Waals surface area (Å²) in [5.74, 6) is -0.899. The lowest BCUT2D eigenvalue weighted by molar-refractivity contribution is -0.122. The van der Waals surface area contributed by atoms with Gasteiger partial charge in [0.1, 0.15) is 10.7 Å². The van der Waals surface area contributed by atoms with E-state index in [2.05, 4.69) is 15.4 Å². The SMILES string of the molecule is CC(NS(=O)(=O)c1ccccc1F)C(=O)NCC1CNC1.Cl. The molecule has 3 N–H and O–H groups in total. The van der Waals surface area contributed by atoms with Gasteiger partial charge in [-0.05, 0) is 19.1 Å². The number of hydrogen-bond acceptors (Lipinski definition) is 4. The van der Waals surface area contributed by atoms with E-state index in [-0.39, 0.29) is 12.4 Å². The van der Waals surface area contributed by atoms with Gasteiger partial charge in [-0.25, -0.2) is 12.8 Å². The van der Waals surface area contributed by atoms with Crippen molar-refractivity contribution in [1.82, 2.24) is 15.4 Å². The summed E-state index contributed by atoms with van der Waals surface area (Å²) in [6.45, 7) is 3.61. The summed E-state index contributed by atoms with van der Waals surface area (Å²) in [6, 6.07) is 4.07. The highest BCUT2D eigenvalue weighted by Crippen LogP contribution is 2.13. The maximum absolute atomic E-state index is 13.5. The van der Waals surface area contributed by atoms with Crippen molar-refractivity contribution in [1.29, 1.82) is 0 Å². The Bertz CT molecular complexity index is 623. The maximum atomic E-state index is 13.5. The van der Waals surface area contributed by atoms with Crippen molar-refractivity contribution in [2.75, 3.05) is 19.6 Å². The number of sulfonamides is 1. The predicted octanol–water partition coefficient (Wildman–Crippen LogP) is 0.250. The molecular weight excluding hydrogens is 333 g/mol. The van der Waals surface area contributed by atoms with E-state index >= 15 is 0 Å². The van der Waals surface area contributed by atoms with Gasteiger partial charge < -0.3 is 10.6 Å². The predicted molar refractivity (Wildman–Crippen MR) is 82.8 cm³/mol. The molecule has 0 spiro atoms. The molecule has 0 radical (unpaired) electrons. The average Bonchev–Trinajstić information content (AvgIpc) is 2.36. The van der Waals surface area contributed by atoms with E-state index in [9.17, 15) is 17.6 Å². The van der Waals surface area contributed by atoms with Gasteiger partial charge in [0.05, 0.1) is 6.04 Å². The van der Waals surface area contributed by atoms with Gasteiger partial charge in [0, 0.05) is 25.6 Å². The highest BCUT2D eigenvalue weighted by molar-refractivity contribution is 7.89. The Labute approximate surface area is 135 Å². The summed E-state index contributed by atoms with van der Waals surface area (Å²) in [5, 5.41) is 5.75. The summed E-state index contributed by atoms with van der Waals surface area (Å²) < 4.78 is 39.8. The third-order valence-corrected chi connectivity index (χ3v) is 4.86. The van der Waals surface area contributed by atoms with Gasteiger partial charge in [0.15, 0.2) is 0 Å². The van der Waals surface area contributed by atoms with E-state index < -0.39 is 32.7 Å². The third kappa shape index (κ3) is 4.64. The maximum Gasteiger partial charge on any atom is 0.244 e. The van der Waals surface area contributed by atoms with Crippen molar-refractivity contribution in [3.63, 3.8) is 0 Å². The number of halogens is 2. The van der Waals surface area contributed by atoms with E-state index in [1.807, 2.05) is 0 Å². The fourth-order valence-electron chi connectivity index (χ4n) is 1.90. The Morgan fingerprint density at radius 1 is 1.41 bits per heavy atom. The molecule has 2 rings (SSSR count). The topological polar surface area (TPSA) is 87.3 Å². The number of hydrogen-bond donors (Lipinski definition) is 3. The molecule has 0 aliphatic carbocycles. The number of amides is 1. The Morgan fingerprint density at radius 2 is 2.05 bits per heavy atom. The first-order valence-electron chi connectivity index (χ1n) is 6.65. The summed E-state index contributed by atoms with van der Waals surface area (Å²) in [5.41, 5.74) is 0. The van der Waals surface area contributed by atoms with Crippen LogP contribution in [0.5, 0.6) is 0 Å². The quantitative estimate of drug-likeness (QED) is 0.685. The highest BCUT2D eigenvalue weighted by atomic mass is 35.5. The summed E-state index contributed by atoms with van der Waals surface area (Å²) in [6.07, 6.45) is 0. The normalized spacial score (nSPS) is 16.3. The largest absolute Gasteiger partial charge is 0.354 e. The van der Waals surface area contributed by atoms with Crippen LogP contribution in [-0.2, 0) is 14.8 Å². The van der Waals surface area contributed by atoms with E-state index in [0.717, 1.165) is 25.2 Å². The molecule has 1 aromatic rings. The van der Waals surface area contributed by atoms with Crippen molar-refractivity contribution in [3.05, 3.63) is 30.1 Å². The zero-order valence-corrected chi connectivity index (χ0v) is 13.6. The average molecular weight is 352 g/mol. The molecule has 6 nitrogen and oxygen atoms in total. The van der Waals surface area contributed by atoms with Gasteiger partial charge in [-0.2, -0.15) is 4.72 Å². The monoisotopic (exact) mass is 351 g/mol. The lowest BCUT2D eigenvalue weighted by atomic mass is 10.0. The van der Waals surface area contributed by atoms with Crippen LogP contribution in [0.25, 0.3) is 0 Å². The Hall–Kier alpha value is -1.22. The molecule has 0 saturated carbocycles. The molecule has 1 aliphatic heterocycles. The van der Waals surface area contributed by atoms with Crippen molar-refractivity contribution in [3.8, 4) is 0 Å². The zero-order valence-electron chi connectivity index (χ0n) is 12.0. The van der Waals surface area contributed by atoms with Crippen molar-refractivity contribution >= 4 is 28.3 Å². The molecule has 1 unspecified atom stereocenters. The molecule has 0 aromatic heterocycles. The molecule has 1 amide bonds.